The highest BCUT2D eigenvalue weighted by molar-refractivity contribution is 8.01. The zero-order valence-electron chi connectivity index (χ0n) is 11.8. The van der Waals surface area contributed by atoms with E-state index in [1.54, 1.807) is 16.7 Å². The second-order valence-electron chi connectivity index (χ2n) is 5.12. The molecule has 2 rings (SSSR count). The molecule has 0 atom stereocenters. The van der Waals surface area contributed by atoms with E-state index >= 15 is 0 Å². The summed E-state index contributed by atoms with van der Waals surface area (Å²) < 4.78 is -0.475. The van der Waals surface area contributed by atoms with Gasteiger partial charge in [0, 0.05) is 23.4 Å². The summed E-state index contributed by atoms with van der Waals surface area (Å²) in [5.74, 6) is 0.267. The van der Waals surface area contributed by atoms with Crippen LogP contribution in [0.15, 0.2) is 23.1 Å². The first kappa shape index (κ1) is 14.1. The standard InChI is InChI=1S/C15H19NO2S/c1-5-12(17)10-7-8-11-13(9-10)19-15(3,4)14(18)16(11)6-2/h7-9H,5-6H2,1-4H3. The molecule has 0 bridgehead atoms. The van der Waals surface area contributed by atoms with Gasteiger partial charge in [-0.05, 0) is 39.0 Å². The summed E-state index contributed by atoms with van der Waals surface area (Å²) in [5, 5.41) is 0. The van der Waals surface area contributed by atoms with E-state index in [4.69, 9.17) is 0 Å². The highest BCUT2D eigenvalue weighted by Gasteiger charge is 2.39. The number of anilines is 1. The summed E-state index contributed by atoms with van der Waals surface area (Å²) in [4.78, 5) is 27.0. The van der Waals surface area contributed by atoms with Crippen molar-refractivity contribution < 1.29 is 9.59 Å². The van der Waals surface area contributed by atoms with Gasteiger partial charge in [-0.1, -0.05) is 6.92 Å². The normalized spacial score (nSPS) is 17.3. The van der Waals surface area contributed by atoms with Crippen molar-refractivity contribution in [2.24, 2.45) is 0 Å². The van der Waals surface area contributed by atoms with E-state index in [0.717, 1.165) is 16.1 Å². The number of carbonyl (C=O) groups is 2. The molecule has 4 heteroatoms. The maximum atomic E-state index is 12.4. The van der Waals surface area contributed by atoms with Crippen LogP contribution in [-0.2, 0) is 4.79 Å². The molecule has 102 valence electrons. The molecule has 1 aliphatic heterocycles. The van der Waals surface area contributed by atoms with Gasteiger partial charge in [0.15, 0.2) is 5.78 Å². The molecule has 0 aromatic heterocycles. The van der Waals surface area contributed by atoms with Crippen LogP contribution in [0.3, 0.4) is 0 Å². The molecule has 0 unspecified atom stereocenters. The smallest absolute Gasteiger partial charge is 0.243 e. The van der Waals surface area contributed by atoms with Gasteiger partial charge in [-0.15, -0.1) is 11.8 Å². The predicted molar refractivity (Wildman–Crippen MR) is 79.0 cm³/mol. The molecule has 0 saturated carbocycles. The highest BCUT2D eigenvalue weighted by Crippen LogP contribution is 2.45. The maximum Gasteiger partial charge on any atom is 0.243 e. The lowest BCUT2D eigenvalue weighted by atomic mass is 10.1. The van der Waals surface area contributed by atoms with Crippen molar-refractivity contribution in [1.29, 1.82) is 0 Å². The molecule has 0 fully saturated rings. The van der Waals surface area contributed by atoms with E-state index in [2.05, 4.69) is 0 Å². The van der Waals surface area contributed by atoms with Gasteiger partial charge in [0.1, 0.15) is 0 Å². The van der Waals surface area contributed by atoms with Gasteiger partial charge in [-0.2, -0.15) is 0 Å². The number of ketones is 1. The molecule has 19 heavy (non-hydrogen) atoms. The molecule has 1 aromatic rings. The van der Waals surface area contributed by atoms with Gasteiger partial charge in [0.25, 0.3) is 0 Å². The quantitative estimate of drug-likeness (QED) is 0.793. The van der Waals surface area contributed by atoms with E-state index in [9.17, 15) is 9.59 Å². The van der Waals surface area contributed by atoms with Crippen LogP contribution in [0.5, 0.6) is 0 Å². The van der Waals surface area contributed by atoms with Crippen molar-refractivity contribution in [2.75, 3.05) is 11.4 Å². The van der Waals surface area contributed by atoms with Gasteiger partial charge in [0.05, 0.1) is 10.4 Å². The maximum absolute atomic E-state index is 12.4. The first-order valence-electron chi connectivity index (χ1n) is 6.59. The molecule has 0 aliphatic carbocycles. The molecule has 0 spiro atoms. The van der Waals surface area contributed by atoms with Crippen molar-refractivity contribution >= 4 is 29.1 Å². The Bertz CT molecular complexity index is 537. The van der Waals surface area contributed by atoms with Gasteiger partial charge in [0.2, 0.25) is 5.91 Å². The molecule has 0 radical (unpaired) electrons. The lowest BCUT2D eigenvalue weighted by Crippen LogP contribution is -2.46. The number of amides is 1. The molecule has 0 saturated heterocycles. The molecule has 1 heterocycles. The summed E-state index contributed by atoms with van der Waals surface area (Å²) in [6, 6.07) is 5.63. The molecule has 1 aromatic carbocycles. The number of nitrogens with zero attached hydrogens (tertiary/aromatic N) is 1. The number of benzene rings is 1. The van der Waals surface area contributed by atoms with Crippen LogP contribution in [0.2, 0.25) is 0 Å². The average Bonchev–Trinajstić information content (AvgIpc) is 2.38. The molecular formula is C15H19NO2S. The zero-order chi connectivity index (χ0) is 14.2. The van der Waals surface area contributed by atoms with Crippen molar-refractivity contribution in [1.82, 2.24) is 0 Å². The Hall–Kier alpha value is -1.29. The van der Waals surface area contributed by atoms with E-state index in [1.165, 1.54) is 0 Å². The summed E-state index contributed by atoms with van der Waals surface area (Å²) in [6.45, 7) is 8.34. The van der Waals surface area contributed by atoms with Crippen LogP contribution < -0.4 is 4.90 Å². The fraction of sp³-hybridized carbons (Fsp3) is 0.467. The van der Waals surface area contributed by atoms with E-state index in [1.807, 2.05) is 45.9 Å². The second-order valence-corrected chi connectivity index (χ2v) is 6.79. The fourth-order valence-corrected chi connectivity index (χ4v) is 3.48. The monoisotopic (exact) mass is 277 g/mol. The zero-order valence-corrected chi connectivity index (χ0v) is 12.6. The predicted octanol–water partition coefficient (Wildman–Crippen LogP) is 3.52. The van der Waals surface area contributed by atoms with Crippen LogP contribution in [0.25, 0.3) is 0 Å². The van der Waals surface area contributed by atoms with Crippen molar-refractivity contribution in [3.8, 4) is 0 Å². The Kier molecular flexibility index (Phi) is 3.72. The van der Waals surface area contributed by atoms with Crippen LogP contribution in [0, 0.1) is 0 Å². The summed E-state index contributed by atoms with van der Waals surface area (Å²) in [7, 11) is 0. The van der Waals surface area contributed by atoms with Crippen molar-refractivity contribution in [3.63, 3.8) is 0 Å². The number of hydrogen-bond donors (Lipinski definition) is 0. The van der Waals surface area contributed by atoms with Crippen LogP contribution in [0.4, 0.5) is 5.69 Å². The minimum Gasteiger partial charge on any atom is -0.310 e. The average molecular weight is 277 g/mol. The number of carbonyl (C=O) groups excluding carboxylic acids is 2. The minimum absolute atomic E-state index is 0.127. The molecular weight excluding hydrogens is 258 g/mol. The lowest BCUT2D eigenvalue weighted by Gasteiger charge is -2.37. The van der Waals surface area contributed by atoms with Crippen molar-refractivity contribution in [2.45, 2.75) is 43.8 Å². The summed E-state index contributed by atoms with van der Waals surface area (Å²) in [6.07, 6.45) is 0.503. The third-order valence-electron chi connectivity index (χ3n) is 3.34. The summed E-state index contributed by atoms with van der Waals surface area (Å²) in [5.41, 5.74) is 1.65. The SMILES string of the molecule is CCC(=O)c1ccc2c(c1)SC(C)(C)C(=O)N2CC. The Balaban J connectivity index is 2.51. The first-order chi connectivity index (χ1) is 8.90. The first-order valence-corrected chi connectivity index (χ1v) is 7.40. The highest BCUT2D eigenvalue weighted by atomic mass is 32.2. The van der Waals surface area contributed by atoms with Crippen LogP contribution in [-0.4, -0.2) is 23.0 Å². The number of thioether (sulfide) groups is 1. The van der Waals surface area contributed by atoms with Gasteiger partial charge in [-0.3, -0.25) is 9.59 Å². The largest absolute Gasteiger partial charge is 0.310 e. The molecule has 1 aliphatic rings. The van der Waals surface area contributed by atoms with Crippen LogP contribution >= 0.6 is 11.8 Å². The Morgan fingerprint density at radius 1 is 1.32 bits per heavy atom. The fourth-order valence-electron chi connectivity index (χ4n) is 2.26. The Morgan fingerprint density at radius 3 is 2.58 bits per heavy atom. The van der Waals surface area contributed by atoms with Gasteiger partial charge in [-0.25, -0.2) is 0 Å². The van der Waals surface area contributed by atoms with Crippen LogP contribution in [0.1, 0.15) is 44.5 Å². The van der Waals surface area contributed by atoms with Gasteiger partial charge >= 0.3 is 0 Å². The Labute approximate surface area is 118 Å². The topological polar surface area (TPSA) is 37.4 Å². The Morgan fingerprint density at radius 2 is 2.00 bits per heavy atom. The molecule has 1 amide bonds. The van der Waals surface area contributed by atoms with Gasteiger partial charge < -0.3 is 4.90 Å². The number of rotatable bonds is 3. The second kappa shape index (κ2) is 5.00. The number of hydrogen-bond acceptors (Lipinski definition) is 3. The van der Waals surface area contributed by atoms with Crippen molar-refractivity contribution in [3.05, 3.63) is 23.8 Å². The lowest BCUT2D eigenvalue weighted by molar-refractivity contribution is -0.120. The molecule has 3 nitrogen and oxygen atoms in total. The number of Topliss-reactive ketones (excluding diaryl/α,β-unsaturated/α-hetero) is 1. The van der Waals surface area contributed by atoms with E-state index in [-0.39, 0.29) is 11.7 Å². The molecule has 0 N–H and O–H groups in total. The van der Waals surface area contributed by atoms with E-state index < -0.39 is 4.75 Å². The third-order valence-corrected chi connectivity index (χ3v) is 4.57. The third kappa shape index (κ3) is 2.41. The van der Waals surface area contributed by atoms with E-state index in [0.29, 0.717) is 13.0 Å². The summed E-state index contributed by atoms with van der Waals surface area (Å²) >= 11 is 1.54. The number of fused-ring (bicyclic) bond motifs is 1. The minimum atomic E-state index is -0.475.